The number of hydrogen-bond acceptors (Lipinski definition) is 8. The Morgan fingerprint density at radius 1 is 1.00 bits per heavy atom. The minimum absolute atomic E-state index is 0. The molecule has 0 radical (unpaired) electrons. The van der Waals surface area contributed by atoms with Crippen molar-refractivity contribution >= 4 is 31.1 Å². The molecule has 190 valence electrons. The zero-order valence-corrected chi connectivity index (χ0v) is 19.4. The van der Waals surface area contributed by atoms with Crippen molar-refractivity contribution in [2.45, 2.75) is 43.6 Å². The summed E-state index contributed by atoms with van der Waals surface area (Å²) in [5.41, 5.74) is -1.35. The van der Waals surface area contributed by atoms with E-state index < -0.39 is 35.5 Å². The van der Waals surface area contributed by atoms with Crippen LogP contribution in [0.4, 0.5) is 43.9 Å². The van der Waals surface area contributed by atoms with Gasteiger partial charge in [-0.05, 0) is 44.0 Å². The molecule has 0 bridgehead atoms. The van der Waals surface area contributed by atoms with Crippen LogP contribution in [0.3, 0.4) is 0 Å². The van der Waals surface area contributed by atoms with Crippen molar-refractivity contribution in [1.29, 1.82) is 5.26 Å². The molecule has 1 saturated carbocycles. The van der Waals surface area contributed by atoms with Crippen LogP contribution in [0, 0.1) is 11.3 Å². The molecule has 0 spiro atoms. The van der Waals surface area contributed by atoms with Crippen LogP contribution >= 0.6 is 13.5 Å². The van der Waals surface area contributed by atoms with E-state index >= 15 is 0 Å². The molecule has 4 rings (SSSR count). The van der Waals surface area contributed by atoms with Crippen molar-refractivity contribution in [3.63, 3.8) is 0 Å². The summed E-state index contributed by atoms with van der Waals surface area (Å²) in [6.07, 6.45) is -6.66. The van der Waals surface area contributed by atoms with Gasteiger partial charge < -0.3 is 10.6 Å². The summed E-state index contributed by atoms with van der Waals surface area (Å²) in [5, 5.41) is 14.3. The molecule has 1 aliphatic rings. The van der Waals surface area contributed by atoms with Crippen molar-refractivity contribution in [1.82, 2.24) is 24.9 Å². The third kappa shape index (κ3) is 5.93. The van der Waals surface area contributed by atoms with Crippen LogP contribution < -0.4 is 10.6 Å². The maximum Gasteiger partial charge on any atom is 0.433 e. The highest BCUT2D eigenvalue weighted by Crippen LogP contribution is 2.47. The summed E-state index contributed by atoms with van der Waals surface area (Å²) in [6.45, 7) is 0.838. The Kier molecular flexibility index (Phi) is 7.30. The van der Waals surface area contributed by atoms with Gasteiger partial charge in [-0.15, -0.1) is 0 Å². The standard InChI is InChI=1S/C21H16F6N8.H2S/c1-11(20(22,23)24)30-17-33-16(13-3-2-4-14(32-13)21(25,26)27)34-18(35-17)31-12-5-8-29-15(9-12)19(10-28)6-7-19;/h2-5,8-9,11H,6-7H2,1H3,(H2,29,30,31,33,34,35);1H2/t11-;/m0./s1. The lowest BCUT2D eigenvalue weighted by Gasteiger charge is -2.18. The van der Waals surface area contributed by atoms with Gasteiger partial charge in [-0.2, -0.15) is 60.1 Å². The minimum Gasteiger partial charge on any atom is -0.343 e. The monoisotopic (exact) mass is 528 g/mol. The molecule has 3 heterocycles. The van der Waals surface area contributed by atoms with Crippen LogP contribution in [0.15, 0.2) is 36.5 Å². The van der Waals surface area contributed by atoms with Gasteiger partial charge in [0.25, 0.3) is 0 Å². The quantitative estimate of drug-likeness (QED) is 0.424. The molecule has 3 aromatic heterocycles. The predicted molar refractivity (Wildman–Crippen MR) is 122 cm³/mol. The summed E-state index contributed by atoms with van der Waals surface area (Å²) < 4.78 is 78.5. The second kappa shape index (κ2) is 9.76. The number of pyridine rings is 2. The maximum atomic E-state index is 13.1. The van der Waals surface area contributed by atoms with Gasteiger partial charge in [0.15, 0.2) is 5.82 Å². The summed E-state index contributed by atoms with van der Waals surface area (Å²) in [7, 11) is 0. The van der Waals surface area contributed by atoms with Crippen molar-refractivity contribution in [3.8, 4) is 17.6 Å². The molecule has 3 aromatic rings. The third-order valence-electron chi connectivity index (χ3n) is 5.21. The molecule has 8 nitrogen and oxygen atoms in total. The van der Waals surface area contributed by atoms with Crippen LogP contribution in [-0.4, -0.2) is 37.1 Å². The fourth-order valence-corrected chi connectivity index (χ4v) is 3.05. The normalized spacial score (nSPS) is 15.3. The van der Waals surface area contributed by atoms with E-state index in [9.17, 15) is 31.6 Å². The summed E-state index contributed by atoms with van der Waals surface area (Å²) in [6, 6.07) is 6.27. The Hall–Kier alpha value is -3.67. The first kappa shape index (κ1) is 26.9. The Bertz CT molecular complexity index is 1290. The Morgan fingerprint density at radius 2 is 1.69 bits per heavy atom. The smallest absolute Gasteiger partial charge is 0.343 e. The number of nitriles is 1. The SMILES string of the molecule is C[C@H](Nc1nc(Nc2ccnc(C3(C#N)CC3)c2)nc(-c2cccc(C(F)(F)F)n2)n1)C(F)(F)F.S. The molecular weight excluding hydrogens is 510 g/mol. The summed E-state index contributed by atoms with van der Waals surface area (Å²) in [4.78, 5) is 19.5. The number of anilines is 3. The predicted octanol–water partition coefficient (Wildman–Crippen LogP) is 5.12. The number of alkyl halides is 6. The van der Waals surface area contributed by atoms with E-state index in [1.807, 2.05) is 0 Å². The Morgan fingerprint density at radius 3 is 2.31 bits per heavy atom. The van der Waals surface area contributed by atoms with Gasteiger partial charge in [-0.3, -0.25) is 4.98 Å². The molecule has 0 unspecified atom stereocenters. The molecule has 0 amide bonds. The fourth-order valence-electron chi connectivity index (χ4n) is 3.05. The van der Waals surface area contributed by atoms with Gasteiger partial charge in [0.05, 0.1) is 17.2 Å². The average molecular weight is 528 g/mol. The number of nitrogens with one attached hydrogen (secondary N) is 2. The third-order valence-corrected chi connectivity index (χ3v) is 5.21. The van der Waals surface area contributed by atoms with Crippen LogP contribution in [0.1, 0.15) is 31.2 Å². The lowest BCUT2D eigenvalue weighted by atomic mass is 10.0. The first-order chi connectivity index (χ1) is 16.4. The minimum atomic E-state index is -4.75. The summed E-state index contributed by atoms with van der Waals surface area (Å²) >= 11 is 0. The number of aromatic nitrogens is 5. The number of nitrogens with zero attached hydrogens (tertiary/aromatic N) is 6. The van der Waals surface area contributed by atoms with Gasteiger partial charge in [0.1, 0.15) is 17.4 Å². The van der Waals surface area contributed by atoms with Crippen molar-refractivity contribution in [2.75, 3.05) is 10.6 Å². The fraction of sp³-hybridized carbons (Fsp3) is 0.333. The van der Waals surface area contributed by atoms with Crippen molar-refractivity contribution in [2.24, 2.45) is 0 Å². The first-order valence-electron chi connectivity index (χ1n) is 10.2. The Labute approximate surface area is 207 Å². The molecule has 0 saturated heterocycles. The average Bonchev–Trinajstić information content (AvgIpc) is 3.59. The zero-order chi connectivity index (χ0) is 25.4. The lowest BCUT2D eigenvalue weighted by molar-refractivity contribution is -0.141. The van der Waals surface area contributed by atoms with Gasteiger partial charge in [0.2, 0.25) is 11.9 Å². The van der Waals surface area contributed by atoms with E-state index in [0.717, 1.165) is 19.1 Å². The number of hydrogen-bond donors (Lipinski definition) is 2. The lowest BCUT2D eigenvalue weighted by Crippen LogP contribution is -2.34. The molecule has 15 heteroatoms. The highest BCUT2D eigenvalue weighted by atomic mass is 32.1. The first-order valence-corrected chi connectivity index (χ1v) is 10.2. The van der Waals surface area contributed by atoms with Crippen molar-refractivity contribution < 1.29 is 26.3 Å². The Balaban J connectivity index is 0.00000361. The second-order valence-electron chi connectivity index (χ2n) is 7.87. The maximum absolute atomic E-state index is 13.1. The summed E-state index contributed by atoms with van der Waals surface area (Å²) in [5.74, 6) is -1.15. The van der Waals surface area contributed by atoms with Crippen LogP contribution in [0.25, 0.3) is 11.5 Å². The van der Waals surface area contributed by atoms with Crippen LogP contribution in [-0.2, 0) is 11.6 Å². The van der Waals surface area contributed by atoms with E-state index in [4.69, 9.17) is 0 Å². The van der Waals surface area contributed by atoms with Gasteiger partial charge in [0, 0.05) is 11.9 Å². The van der Waals surface area contributed by atoms with E-state index in [-0.39, 0.29) is 31.0 Å². The highest BCUT2D eigenvalue weighted by Gasteiger charge is 2.46. The van der Waals surface area contributed by atoms with E-state index in [2.05, 4.69) is 41.6 Å². The van der Waals surface area contributed by atoms with Crippen LogP contribution in [0.2, 0.25) is 0 Å². The van der Waals surface area contributed by atoms with Crippen molar-refractivity contribution in [3.05, 3.63) is 47.9 Å². The molecule has 36 heavy (non-hydrogen) atoms. The van der Waals surface area contributed by atoms with E-state index in [1.165, 1.54) is 18.3 Å². The largest absolute Gasteiger partial charge is 0.433 e. The van der Waals surface area contributed by atoms with Gasteiger partial charge >= 0.3 is 12.4 Å². The molecule has 0 aromatic carbocycles. The molecule has 2 N–H and O–H groups in total. The van der Waals surface area contributed by atoms with Gasteiger partial charge in [-0.1, -0.05) is 6.07 Å². The molecule has 1 atom stereocenters. The zero-order valence-electron chi connectivity index (χ0n) is 18.4. The molecule has 1 aliphatic carbocycles. The molecule has 0 aliphatic heterocycles. The van der Waals surface area contributed by atoms with Gasteiger partial charge in [-0.25, -0.2) is 4.98 Å². The highest BCUT2D eigenvalue weighted by molar-refractivity contribution is 7.59. The molecule has 1 fully saturated rings. The van der Waals surface area contributed by atoms with E-state index in [1.54, 1.807) is 6.07 Å². The molecular formula is C21H18F6N8S. The van der Waals surface area contributed by atoms with E-state index in [0.29, 0.717) is 24.2 Å². The number of rotatable bonds is 6. The second-order valence-corrected chi connectivity index (χ2v) is 7.87. The topological polar surface area (TPSA) is 112 Å². The number of halogens is 6. The van der Waals surface area contributed by atoms with Crippen LogP contribution in [0.5, 0.6) is 0 Å².